The van der Waals surface area contributed by atoms with Crippen molar-refractivity contribution in [1.29, 1.82) is 5.26 Å². The summed E-state index contributed by atoms with van der Waals surface area (Å²) in [5, 5.41) is 17.4. The van der Waals surface area contributed by atoms with Gasteiger partial charge in [0.2, 0.25) is 0 Å². The Morgan fingerprint density at radius 2 is 2.29 bits per heavy atom. The molecule has 0 amide bonds. The fraction of sp³-hybridized carbons (Fsp3) is 0.111. The fourth-order valence-electron chi connectivity index (χ4n) is 1.08. The molecular weight excluding hydrogens is 248 g/mol. The highest BCUT2D eigenvalue weighted by molar-refractivity contribution is 9.10. The first-order valence-electron chi connectivity index (χ1n) is 3.75. The summed E-state index contributed by atoms with van der Waals surface area (Å²) in [6.45, 7) is 0. The van der Waals surface area contributed by atoms with Gasteiger partial charge in [0.15, 0.2) is 0 Å². The van der Waals surface area contributed by atoms with E-state index >= 15 is 0 Å². The lowest BCUT2D eigenvalue weighted by Crippen LogP contribution is -2.06. The molecule has 1 aromatic rings. The van der Waals surface area contributed by atoms with Gasteiger partial charge in [0.25, 0.3) is 0 Å². The third-order valence-electron chi connectivity index (χ3n) is 1.75. The van der Waals surface area contributed by atoms with Crippen LogP contribution in [-0.4, -0.2) is 11.1 Å². The van der Waals surface area contributed by atoms with Crippen molar-refractivity contribution in [3.63, 3.8) is 0 Å². The maximum Gasteiger partial charge on any atom is 0.307 e. The quantitative estimate of drug-likeness (QED) is 0.784. The molecule has 4 nitrogen and oxygen atoms in total. The molecule has 0 saturated carbocycles. The molecule has 0 radical (unpaired) electrons. The number of halogens is 1. The molecule has 0 unspecified atom stereocenters. The van der Waals surface area contributed by atoms with Gasteiger partial charge in [0.1, 0.15) is 0 Å². The summed E-state index contributed by atoms with van der Waals surface area (Å²) >= 11 is 3.17. The molecule has 0 aromatic heterocycles. The Labute approximate surface area is 89.1 Å². The number of nitriles is 1. The molecule has 1 rings (SSSR count). The molecule has 0 atom stereocenters. The second-order valence-electron chi connectivity index (χ2n) is 2.67. The van der Waals surface area contributed by atoms with E-state index in [1.165, 1.54) is 0 Å². The molecule has 3 N–H and O–H groups in total. The number of carbonyl (C=O) groups is 1. The van der Waals surface area contributed by atoms with Crippen molar-refractivity contribution in [3.8, 4) is 6.07 Å². The lowest BCUT2D eigenvalue weighted by atomic mass is 10.0. The molecule has 1 aromatic carbocycles. The molecule has 72 valence electrons. The Morgan fingerprint density at radius 1 is 1.64 bits per heavy atom. The van der Waals surface area contributed by atoms with Crippen molar-refractivity contribution in [2.24, 2.45) is 0 Å². The summed E-state index contributed by atoms with van der Waals surface area (Å²) in [7, 11) is 0. The first-order chi connectivity index (χ1) is 6.56. The normalized spacial score (nSPS) is 9.43. The van der Waals surface area contributed by atoms with Gasteiger partial charge < -0.3 is 10.8 Å². The predicted molar refractivity (Wildman–Crippen MR) is 54.6 cm³/mol. The first-order valence-corrected chi connectivity index (χ1v) is 4.54. The van der Waals surface area contributed by atoms with Gasteiger partial charge in [-0.15, -0.1) is 0 Å². The molecule has 0 saturated heterocycles. The molecule has 0 aliphatic carbocycles. The Balaban J connectivity index is 3.29. The van der Waals surface area contributed by atoms with E-state index in [0.717, 1.165) is 0 Å². The smallest absolute Gasteiger partial charge is 0.307 e. The van der Waals surface area contributed by atoms with E-state index in [1.807, 2.05) is 6.07 Å². The standard InChI is InChI=1S/C9H7BrN2O2/c10-7-2-1-5(4-11)6(9(7)12)3-8(13)14/h1-2H,3,12H2,(H,13,14). The Bertz CT molecular complexity index is 424. The third-order valence-corrected chi connectivity index (χ3v) is 2.44. The van der Waals surface area contributed by atoms with Crippen LogP contribution in [0.1, 0.15) is 11.1 Å². The van der Waals surface area contributed by atoms with Crippen LogP contribution >= 0.6 is 15.9 Å². The van der Waals surface area contributed by atoms with E-state index < -0.39 is 5.97 Å². The molecule has 0 fully saturated rings. The molecule has 0 spiro atoms. The van der Waals surface area contributed by atoms with Crippen molar-refractivity contribution in [1.82, 2.24) is 0 Å². The number of rotatable bonds is 2. The number of carboxylic acid groups (broad SMARTS) is 1. The highest BCUT2D eigenvalue weighted by Gasteiger charge is 2.12. The molecule has 14 heavy (non-hydrogen) atoms. The van der Waals surface area contributed by atoms with Crippen LogP contribution in [0.4, 0.5) is 5.69 Å². The lowest BCUT2D eigenvalue weighted by molar-refractivity contribution is -0.136. The minimum Gasteiger partial charge on any atom is -0.481 e. The average molecular weight is 255 g/mol. The van der Waals surface area contributed by atoms with Crippen LogP contribution < -0.4 is 5.73 Å². The number of hydrogen-bond acceptors (Lipinski definition) is 3. The van der Waals surface area contributed by atoms with Crippen molar-refractivity contribution >= 4 is 27.6 Å². The number of hydrogen-bond donors (Lipinski definition) is 2. The maximum absolute atomic E-state index is 10.5. The summed E-state index contributed by atoms with van der Waals surface area (Å²) < 4.78 is 0.604. The van der Waals surface area contributed by atoms with Gasteiger partial charge in [0.05, 0.1) is 23.7 Å². The zero-order valence-corrected chi connectivity index (χ0v) is 8.71. The number of nitrogen functional groups attached to an aromatic ring is 1. The monoisotopic (exact) mass is 254 g/mol. The van der Waals surface area contributed by atoms with E-state index in [-0.39, 0.29) is 6.42 Å². The van der Waals surface area contributed by atoms with E-state index in [9.17, 15) is 4.79 Å². The van der Waals surface area contributed by atoms with Crippen molar-refractivity contribution in [3.05, 3.63) is 27.7 Å². The summed E-state index contributed by atoms with van der Waals surface area (Å²) in [5.41, 5.74) is 6.61. The lowest BCUT2D eigenvalue weighted by Gasteiger charge is -2.06. The maximum atomic E-state index is 10.5. The van der Waals surface area contributed by atoms with Gasteiger partial charge in [0, 0.05) is 10.0 Å². The van der Waals surface area contributed by atoms with Gasteiger partial charge in [-0.25, -0.2) is 0 Å². The summed E-state index contributed by atoms with van der Waals surface area (Å²) in [5.74, 6) is -1.01. The van der Waals surface area contributed by atoms with Crippen LogP contribution in [0.2, 0.25) is 0 Å². The molecule has 5 heteroatoms. The molecule has 0 aliphatic heterocycles. The minimum absolute atomic E-state index is 0.242. The van der Waals surface area contributed by atoms with Gasteiger partial charge >= 0.3 is 5.97 Å². The number of anilines is 1. The zero-order valence-electron chi connectivity index (χ0n) is 7.12. The number of nitrogens with two attached hydrogens (primary N) is 1. The predicted octanol–water partition coefficient (Wildman–Crippen LogP) is 1.53. The Morgan fingerprint density at radius 3 is 2.79 bits per heavy atom. The Kier molecular flexibility index (Phi) is 3.10. The summed E-state index contributed by atoms with van der Waals surface area (Å²) in [6, 6.07) is 5.07. The summed E-state index contributed by atoms with van der Waals surface area (Å²) in [6.07, 6.45) is -0.242. The van der Waals surface area contributed by atoms with E-state index in [1.54, 1.807) is 12.1 Å². The van der Waals surface area contributed by atoms with Crippen molar-refractivity contribution in [2.45, 2.75) is 6.42 Å². The molecular formula is C9H7BrN2O2. The number of aliphatic carboxylic acids is 1. The second kappa shape index (κ2) is 4.11. The van der Waals surface area contributed by atoms with Gasteiger partial charge in [-0.3, -0.25) is 4.79 Å². The zero-order chi connectivity index (χ0) is 10.7. The summed E-state index contributed by atoms with van der Waals surface area (Å²) in [4.78, 5) is 10.5. The van der Waals surface area contributed by atoms with Crippen LogP contribution in [0.3, 0.4) is 0 Å². The Hall–Kier alpha value is -1.54. The highest BCUT2D eigenvalue weighted by Crippen LogP contribution is 2.26. The van der Waals surface area contributed by atoms with Crippen LogP contribution in [0.15, 0.2) is 16.6 Å². The van der Waals surface area contributed by atoms with Crippen molar-refractivity contribution in [2.75, 3.05) is 5.73 Å². The average Bonchev–Trinajstić information content (AvgIpc) is 2.13. The fourth-order valence-corrected chi connectivity index (χ4v) is 1.45. The van der Waals surface area contributed by atoms with Crippen LogP contribution in [0.5, 0.6) is 0 Å². The number of benzene rings is 1. The highest BCUT2D eigenvalue weighted by atomic mass is 79.9. The first kappa shape index (κ1) is 10.5. The largest absolute Gasteiger partial charge is 0.481 e. The van der Waals surface area contributed by atoms with Gasteiger partial charge in [-0.05, 0) is 28.1 Å². The topological polar surface area (TPSA) is 87.1 Å². The van der Waals surface area contributed by atoms with Gasteiger partial charge in [-0.2, -0.15) is 5.26 Å². The molecule has 0 aliphatic rings. The van der Waals surface area contributed by atoms with E-state index in [4.69, 9.17) is 16.1 Å². The third kappa shape index (κ3) is 2.03. The minimum atomic E-state index is -1.01. The molecule has 0 heterocycles. The van der Waals surface area contributed by atoms with Crippen LogP contribution in [-0.2, 0) is 11.2 Å². The van der Waals surface area contributed by atoms with E-state index in [2.05, 4.69) is 15.9 Å². The van der Waals surface area contributed by atoms with Crippen LogP contribution in [0.25, 0.3) is 0 Å². The second-order valence-corrected chi connectivity index (χ2v) is 3.52. The molecule has 0 bridgehead atoms. The van der Waals surface area contributed by atoms with Gasteiger partial charge in [-0.1, -0.05) is 0 Å². The van der Waals surface area contributed by atoms with E-state index in [0.29, 0.717) is 21.3 Å². The number of carboxylic acids is 1. The van der Waals surface area contributed by atoms with Crippen LogP contribution in [0, 0.1) is 11.3 Å². The SMILES string of the molecule is N#Cc1ccc(Br)c(N)c1CC(=O)O. The number of nitrogens with zero attached hydrogens (tertiary/aromatic N) is 1. The van der Waals surface area contributed by atoms with Crippen molar-refractivity contribution < 1.29 is 9.90 Å².